The Bertz CT molecular complexity index is 933. The van der Waals surface area contributed by atoms with Crippen LogP contribution in [0, 0.1) is 5.92 Å². The fourth-order valence-corrected chi connectivity index (χ4v) is 4.48. The summed E-state index contributed by atoms with van der Waals surface area (Å²) >= 11 is 0. The largest absolute Gasteiger partial charge is 0.384 e. The quantitative estimate of drug-likeness (QED) is 0.757. The van der Waals surface area contributed by atoms with Gasteiger partial charge in [-0.1, -0.05) is 54.6 Å². The summed E-state index contributed by atoms with van der Waals surface area (Å²) in [5, 5.41) is 13.7. The maximum absolute atomic E-state index is 12.5. The normalized spacial score (nSPS) is 18.2. The number of sulfonamides is 1. The molecule has 7 heteroatoms. The Balaban J connectivity index is 1.56. The summed E-state index contributed by atoms with van der Waals surface area (Å²) in [5.41, 5.74) is 1.70. The zero-order valence-corrected chi connectivity index (χ0v) is 17.7. The molecule has 6 nitrogen and oxygen atoms in total. The lowest BCUT2D eigenvalue weighted by Gasteiger charge is -2.30. The van der Waals surface area contributed by atoms with Crippen molar-refractivity contribution in [3.63, 3.8) is 0 Å². The van der Waals surface area contributed by atoms with E-state index in [-0.39, 0.29) is 18.4 Å². The van der Waals surface area contributed by atoms with Crippen molar-refractivity contribution in [3.8, 4) is 11.1 Å². The van der Waals surface area contributed by atoms with E-state index in [2.05, 4.69) is 5.32 Å². The summed E-state index contributed by atoms with van der Waals surface area (Å²) in [6.45, 7) is 2.49. The van der Waals surface area contributed by atoms with Gasteiger partial charge in [-0.25, -0.2) is 12.7 Å². The zero-order chi connectivity index (χ0) is 21.1. The maximum atomic E-state index is 12.5. The molecule has 1 aliphatic rings. The first-order chi connectivity index (χ1) is 13.7. The number of amides is 1. The van der Waals surface area contributed by atoms with Gasteiger partial charge in [-0.2, -0.15) is 0 Å². The molecule has 29 heavy (non-hydrogen) atoms. The average molecular weight is 417 g/mol. The Morgan fingerprint density at radius 2 is 1.62 bits per heavy atom. The van der Waals surface area contributed by atoms with E-state index in [1.54, 1.807) is 6.92 Å². The summed E-state index contributed by atoms with van der Waals surface area (Å²) in [4.78, 5) is 12.5. The smallest absolute Gasteiger partial charge is 0.223 e. The van der Waals surface area contributed by atoms with E-state index in [0.717, 1.165) is 16.7 Å². The topological polar surface area (TPSA) is 86.7 Å². The van der Waals surface area contributed by atoms with Gasteiger partial charge in [0.1, 0.15) is 5.60 Å². The van der Waals surface area contributed by atoms with Crippen LogP contribution in [0.2, 0.25) is 0 Å². The van der Waals surface area contributed by atoms with E-state index in [4.69, 9.17) is 0 Å². The third kappa shape index (κ3) is 5.44. The molecule has 0 radical (unpaired) electrons. The second-order valence-corrected chi connectivity index (χ2v) is 9.85. The van der Waals surface area contributed by atoms with E-state index in [1.807, 2.05) is 54.6 Å². The van der Waals surface area contributed by atoms with Crippen LogP contribution in [0.5, 0.6) is 0 Å². The number of hydrogen-bond donors (Lipinski definition) is 2. The third-order valence-electron chi connectivity index (χ3n) is 5.51. The van der Waals surface area contributed by atoms with Crippen LogP contribution in [-0.4, -0.2) is 49.6 Å². The molecule has 1 fully saturated rings. The Kier molecular flexibility index (Phi) is 6.41. The van der Waals surface area contributed by atoms with E-state index in [0.29, 0.717) is 25.9 Å². The number of hydrogen-bond acceptors (Lipinski definition) is 4. The monoisotopic (exact) mass is 416 g/mol. The van der Waals surface area contributed by atoms with Crippen LogP contribution in [0.4, 0.5) is 0 Å². The van der Waals surface area contributed by atoms with Crippen LogP contribution < -0.4 is 5.32 Å². The minimum absolute atomic E-state index is 0.100. The zero-order valence-electron chi connectivity index (χ0n) is 16.8. The Hall–Kier alpha value is -2.22. The summed E-state index contributed by atoms with van der Waals surface area (Å²) in [5.74, 6) is -0.372. The fraction of sp³-hybridized carbons (Fsp3) is 0.409. The molecule has 1 heterocycles. The maximum Gasteiger partial charge on any atom is 0.223 e. The van der Waals surface area contributed by atoms with Crippen molar-refractivity contribution in [3.05, 3.63) is 60.2 Å². The molecule has 1 aliphatic heterocycles. The highest BCUT2D eigenvalue weighted by atomic mass is 32.2. The van der Waals surface area contributed by atoms with Gasteiger partial charge in [0.05, 0.1) is 12.8 Å². The number of carbonyl (C=O) groups is 1. The van der Waals surface area contributed by atoms with Crippen LogP contribution in [0.25, 0.3) is 11.1 Å². The summed E-state index contributed by atoms with van der Waals surface area (Å²) in [7, 11) is -3.21. The molecule has 0 spiro atoms. The Labute approximate surface area is 172 Å². The van der Waals surface area contributed by atoms with Gasteiger partial charge in [0.15, 0.2) is 0 Å². The minimum atomic E-state index is -3.21. The molecule has 2 aromatic rings. The van der Waals surface area contributed by atoms with E-state index < -0.39 is 15.6 Å². The van der Waals surface area contributed by atoms with Crippen LogP contribution in [-0.2, 0) is 20.4 Å². The number of nitrogens with zero attached hydrogens (tertiary/aromatic N) is 1. The summed E-state index contributed by atoms with van der Waals surface area (Å²) in [6.07, 6.45) is 2.17. The standard InChI is InChI=1S/C22H28N2O4S/c1-22(26,20-10-8-18(9-11-20)17-6-4-3-5-7-17)16-23-21(25)19-12-14-24(15-13-19)29(2,27)28/h3-11,19,26H,12-16H2,1-2H3,(H,23,25). The van der Waals surface area contributed by atoms with E-state index >= 15 is 0 Å². The first-order valence-corrected chi connectivity index (χ1v) is 11.6. The summed E-state index contributed by atoms with van der Waals surface area (Å²) < 4.78 is 24.6. The molecule has 1 amide bonds. The van der Waals surface area contributed by atoms with Crippen LogP contribution in [0.15, 0.2) is 54.6 Å². The molecule has 0 saturated carbocycles. The van der Waals surface area contributed by atoms with Crippen molar-refractivity contribution in [1.29, 1.82) is 0 Å². The number of benzene rings is 2. The Morgan fingerprint density at radius 3 is 2.17 bits per heavy atom. The van der Waals surface area contributed by atoms with Crippen molar-refractivity contribution in [2.45, 2.75) is 25.4 Å². The SMILES string of the molecule is CC(O)(CNC(=O)C1CCN(S(C)(=O)=O)CC1)c1ccc(-c2ccccc2)cc1. The highest BCUT2D eigenvalue weighted by Crippen LogP contribution is 2.25. The number of piperidine rings is 1. The molecule has 1 atom stereocenters. The molecule has 0 bridgehead atoms. The molecule has 2 N–H and O–H groups in total. The number of nitrogens with one attached hydrogen (secondary N) is 1. The molecular weight excluding hydrogens is 388 g/mol. The second-order valence-electron chi connectivity index (χ2n) is 7.87. The van der Waals surface area contributed by atoms with Crippen molar-refractivity contribution >= 4 is 15.9 Å². The first kappa shape index (κ1) is 21.5. The van der Waals surface area contributed by atoms with Crippen molar-refractivity contribution in [2.75, 3.05) is 25.9 Å². The van der Waals surface area contributed by atoms with Gasteiger partial charge in [0.2, 0.25) is 15.9 Å². The number of carbonyl (C=O) groups excluding carboxylic acids is 1. The van der Waals surface area contributed by atoms with Gasteiger partial charge in [0.25, 0.3) is 0 Å². The van der Waals surface area contributed by atoms with Gasteiger partial charge >= 0.3 is 0 Å². The number of rotatable bonds is 6. The lowest BCUT2D eigenvalue weighted by molar-refractivity contribution is -0.127. The van der Waals surface area contributed by atoms with Gasteiger partial charge in [-0.15, -0.1) is 0 Å². The van der Waals surface area contributed by atoms with Gasteiger partial charge < -0.3 is 10.4 Å². The van der Waals surface area contributed by atoms with Gasteiger partial charge in [-0.3, -0.25) is 4.79 Å². The molecule has 1 unspecified atom stereocenters. The predicted octanol–water partition coefficient (Wildman–Crippen LogP) is 2.35. The van der Waals surface area contributed by atoms with Crippen LogP contribution >= 0.6 is 0 Å². The minimum Gasteiger partial charge on any atom is -0.384 e. The highest BCUT2D eigenvalue weighted by Gasteiger charge is 2.30. The molecule has 3 rings (SSSR count). The lowest BCUT2D eigenvalue weighted by Crippen LogP contribution is -2.45. The highest BCUT2D eigenvalue weighted by molar-refractivity contribution is 7.88. The van der Waals surface area contributed by atoms with Crippen molar-refractivity contribution in [2.24, 2.45) is 5.92 Å². The average Bonchev–Trinajstić information content (AvgIpc) is 2.72. The molecule has 0 aliphatic carbocycles. The Morgan fingerprint density at radius 1 is 1.07 bits per heavy atom. The number of aliphatic hydroxyl groups is 1. The molecule has 2 aromatic carbocycles. The molecule has 0 aromatic heterocycles. The van der Waals surface area contributed by atoms with Gasteiger partial charge in [0, 0.05) is 19.0 Å². The van der Waals surface area contributed by atoms with Crippen molar-refractivity contribution in [1.82, 2.24) is 9.62 Å². The summed E-state index contributed by atoms with van der Waals surface area (Å²) in [6, 6.07) is 17.7. The first-order valence-electron chi connectivity index (χ1n) is 9.78. The third-order valence-corrected chi connectivity index (χ3v) is 6.82. The predicted molar refractivity (Wildman–Crippen MR) is 114 cm³/mol. The second kappa shape index (κ2) is 8.65. The molecule has 1 saturated heterocycles. The van der Waals surface area contributed by atoms with Crippen LogP contribution in [0.3, 0.4) is 0 Å². The fourth-order valence-electron chi connectivity index (χ4n) is 3.61. The lowest BCUT2D eigenvalue weighted by atomic mass is 9.92. The molecule has 156 valence electrons. The van der Waals surface area contributed by atoms with E-state index in [9.17, 15) is 18.3 Å². The van der Waals surface area contributed by atoms with Gasteiger partial charge in [-0.05, 0) is 36.5 Å². The van der Waals surface area contributed by atoms with Crippen LogP contribution in [0.1, 0.15) is 25.3 Å². The van der Waals surface area contributed by atoms with E-state index in [1.165, 1.54) is 10.6 Å². The molecular formula is C22H28N2O4S. The van der Waals surface area contributed by atoms with Crippen molar-refractivity contribution < 1.29 is 18.3 Å².